The molecule has 0 atom stereocenters. The van der Waals surface area contributed by atoms with Crippen molar-refractivity contribution in [2.75, 3.05) is 6.54 Å². The molecular formula is C33H47B2NO2S. The van der Waals surface area contributed by atoms with Gasteiger partial charge >= 0.3 is 13.8 Å². The summed E-state index contributed by atoms with van der Waals surface area (Å²) in [4.78, 5) is 2.42. The predicted molar refractivity (Wildman–Crippen MR) is 172 cm³/mol. The number of nitrogens with one attached hydrogen (secondary N) is 1. The van der Waals surface area contributed by atoms with E-state index in [0.717, 1.165) is 29.5 Å². The van der Waals surface area contributed by atoms with E-state index >= 15 is 0 Å². The molecule has 2 heterocycles. The second-order valence-electron chi connectivity index (χ2n) is 14.2. The zero-order chi connectivity index (χ0) is 29.0. The topological polar surface area (TPSA) is 30.5 Å². The average Bonchev–Trinajstić information content (AvgIpc) is 3.16. The van der Waals surface area contributed by atoms with Crippen LogP contribution < -0.4 is 16.2 Å². The van der Waals surface area contributed by atoms with Gasteiger partial charge in [0.05, 0.1) is 11.2 Å². The first-order valence-corrected chi connectivity index (χ1v) is 15.1. The van der Waals surface area contributed by atoms with Gasteiger partial charge in [0.25, 0.3) is 0 Å². The van der Waals surface area contributed by atoms with Crippen LogP contribution in [0.5, 0.6) is 0 Å². The Morgan fingerprint density at radius 1 is 0.795 bits per heavy atom. The number of hydrogen-bond acceptors (Lipinski definition) is 4. The molecule has 0 amide bonds. The van der Waals surface area contributed by atoms with Crippen LogP contribution in [0.25, 0.3) is 5.70 Å². The van der Waals surface area contributed by atoms with Crippen molar-refractivity contribution >= 4 is 42.2 Å². The van der Waals surface area contributed by atoms with E-state index in [2.05, 4.69) is 117 Å². The van der Waals surface area contributed by atoms with Crippen molar-refractivity contribution in [3.63, 3.8) is 0 Å². The molecule has 0 bridgehead atoms. The molecule has 2 saturated heterocycles. The van der Waals surface area contributed by atoms with Gasteiger partial charge in [-0.2, -0.15) is 0 Å². The van der Waals surface area contributed by atoms with E-state index in [9.17, 15) is 0 Å². The third kappa shape index (κ3) is 6.39. The quantitative estimate of drug-likeness (QED) is 0.279. The Kier molecular flexibility index (Phi) is 8.10. The second kappa shape index (κ2) is 10.5. The molecule has 0 aromatic heterocycles. The van der Waals surface area contributed by atoms with Crippen molar-refractivity contribution in [2.24, 2.45) is 10.8 Å². The summed E-state index contributed by atoms with van der Waals surface area (Å²) in [5.74, 6) is 0. The highest BCUT2D eigenvalue weighted by atomic mass is 32.2. The van der Waals surface area contributed by atoms with Gasteiger partial charge in [-0.15, -0.1) is 0 Å². The number of rotatable bonds is 8. The summed E-state index contributed by atoms with van der Waals surface area (Å²) < 4.78 is 13.2. The molecule has 6 heteroatoms. The van der Waals surface area contributed by atoms with Crippen LogP contribution in [0.3, 0.4) is 0 Å². The molecular weight excluding hydrogens is 496 g/mol. The fraction of sp³-hybridized carbons (Fsp3) is 0.515. The minimum Gasteiger partial charge on any atom is -0.426 e. The summed E-state index contributed by atoms with van der Waals surface area (Å²) in [6, 6.07) is 13.7. The van der Waals surface area contributed by atoms with Crippen LogP contribution in [-0.4, -0.2) is 31.6 Å². The van der Waals surface area contributed by atoms with Crippen molar-refractivity contribution in [3.8, 4) is 0 Å². The molecule has 208 valence electrons. The fourth-order valence-corrected chi connectivity index (χ4v) is 6.56. The standard InChI is InChI=1S/C33H47B2NO2S/c1-22(2)19-36-24(4)25-15-27(35-21-31(7,8)33(11,12)38-35)18-29(16-25)39-28-14-23(3)13-26(17-28)34-20-30(5,6)32(9,10)37-34/h13-18,36H,1,4,19-21H2,2-3,5-12H3. The first kappa shape index (κ1) is 30.1. The van der Waals surface area contributed by atoms with E-state index in [4.69, 9.17) is 9.31 Å². The minimum absolute atomic E-state index is 0.0488. The Labute approximate surface area is 242 Å². The maximum atomic E-state index is 6.64. The zero-order valence-electron chi connectivity index (χ0n) is 25.9. The molecule has 2 aliphatic rings. The van der Waals surface area contributed by atoms with Crippen LogP contribution in [0, 0.1) is 17.8 Å². The minimum atomic E-state index is -0.190. The highest BCUT2D eigenvalue weighted by Gasteiger charge is 2.51. The Bertz CT molecular complexity index is 1250. The van der Waals surface area contributed by atoms with Gasteiger partial charge in [-0.3, -0.25) is 0 Å². The van der Waals surface area contributed by atoms with Crippen LogP contribution >= 0.6 is 11.8 Å². The van der Waals surface area contributed by atoms with Gasteiger partial charge in [0.2, 0.25) is 0 Å². The van der Waals surface area contributed by atoms with Crippen molar-refractivity contribution in [1.82, 2.24) is 5.32 Å². The number of benzene rings is 2. The average molecular weight is 543 g/mol. The summed E-state index contributed by atoms with van der Waals surface area (Å²) in [7, 11) is 0. The van der Waals surface area contributed by atoms with Crippen LogP contribution in [0.2, 0.25) is 12.6 Å². The third-order valence-corrected chi connectivity index (χ3v) is 10.4. The maximum Gasteiger partial charge on any atom is 0.328 e. The van der Waals surface area contributed by atoms with Crippen LogP contribution in [0.15, 0.2) is 64.9 Å². The van der Waals surface area contributed by atoms with E-state index in [1.165, 1.54) is 26.3 Å². The summed E-state index contributed by atoms with van der Waals surface area (Å²) in [6.45, 7) is 31.6. The third-order valence-electron chi connectivity index (χ3n) is 9.46. The Balaban J connectivity index is 1.67. The van der Waals surface area contributed by atoms with Crippen molar-refractivity contribution < 1.29 is 9.31 Å². The van der Waals surface area contributed by atoms with E-state index < -0.39 is 0 Å². The van der Waals surface area contributed by atoms with Crippen molar-refractivity contribution in [1.29, 1.82) is 0 Å². The number of aryl methyl sites for hydroxylation is 1. The Hall–Kier alpha value is -1.88. The molecule has 2 aromatic carbocycles. The Morgan fingerprint density at radius 3 is 1.74 bits per heavy atom. The molecule has 2 aromatic rings. The first-order chi connectivity index (χ1) is 17.9. The zero-order valence-corrected chi connectivity index (χ0v) is 26.7. The highest BCUT2D eigenvalue weighted by Crippen LogP contribution is 2.46. The molecule has 0 unspecified atom stereocenters. The largest absolute Gasteiger partial charge is 0.426 e. The van der Waals surface area contributed by atoms with Crippen molar-refractivity contribution in [3.05, 3.63) is 66.3 Å². The van der Waals surface area contributed by atoms with Gasteiger partial charge in [-0.05, 0) is 93.6 Å². The lowest BCUT2D eigenvalue weighted by Gasteiger charge is -2.34. The van der Waals surface area contributed by atoms with E-state index in [1.807, 2.05) is 6.92 Å². The lowest BCUT2D eigenvalue weighted by molar-refractivity contribution is 0.0374. The van der Waals surface area contributed by atoms with Crippen molar-refractivity contribution in [2.45, 2.75) is 103 Å². The molecule has 3 nitrogen and oxygen atoms in total. The van der Waals surface area contributed by atoms with Crippen LogP contribution in [-0.2, 0) is 9.31 Å². The van der Waals surface area contributed by atoms with Gasteiger partial charge in [-0.1, -0.05) is 88.0 Å². The highest BCUT2D eigenvalue weighted by molar-refractivity contribution is 7.99. The number of hydrogen-bond donors (Lipinski definition) is 1. The van der Waals surface area contributed by atoms with E-state index in [0.29, 0.717) is 6.54 Å². The molecule has 0 aliphatic carbocycles. The summed E-state index contributed by atoms with van der Waals surface area (Å²) in [5, 5.41) is 3.45. The lowest BCUT2D eigenvalue weighted by Crippen LogP contribution is -2.36. The smallest absolute Gasteiger partial charge is 0.328 e. The molecule has 2 aliphatic heterocycles. The summed E-state index contributed by atoms with van der Waals surface area (Å²) in [5.41, 5.74) is 6.69. The molecule has 0 spiro atoms. The summed E-state index contributed by atoms with van der Waals surface area (Å²) in [6.07, 6.45) is 2.00. The van der Waals surface area contributed by atoms with E-state index in [-0.39, 0.29) is 35.9 Å². The van der Waals surface area contributed by atoms with E-state index in [1.54, 1.807) is 11.8 Å². The van der Waals surface area contributed by atoms with Crippen LogP contribution in [0.1, 0.15) is 73.4 Å². The summed E-state index contributed by atoms with van der Waals surface area (Å²) >= 11 is 1.81. The lowest BCUT2D eigenvalue weighted by atomic mass is 9.54. The molecule has 0 radical (unpaired) electrons. The molecule has 2 fully saturated rings. The normalized spacial score (nSPS) is 20.8. The fourth-order valence-electron chi connectivity index (χ4n) is 5.46. The molecule has 0 saturated carbocycles. The van der Waals surface area contributed by atoms with Crippen LogP contribution in [0.4, 0.5) is 0 Å². The second-order valence-corrected chi connectivity index (χ2v) is 15.3. The molecule has 39 heavy (non-hydrogen) atoms. The van der Waals surface area contributed by atoms with Gasteiger partial charge in [0.1, 0.15) is 0 Å². The van der Waals surface area contributed by atoms with Gasteiger partial charge in [0.15, 0.2) is 0 Å². The Morgan fingerprint density at radius 2 is 1.28 bits per heavy atom. The van der Waals surface area contributed by atoms with Gasteiger partial charge in [-0.25, -0.2) is 0 Å². The maximum absolute atomic E-state index is 6.64. The van der Waals surface area contributed by atoms with Gasteiger partial charge in [0, 0.05) is 22.0 Å². The van der Waals surface area contributed by atoms with Gasteiger partial charge < -0.3 is 14.6 Å². The molecule has 4 rings (SSSR count). The molecule has 1 N–H and O–H groups in total. The monoisotopic (exact) mass is 543 g/mol. The first-order valence-electron chi connectivity index (χ1n) is 14.3. The SMILES string of the molecule is C=C(C)CNC(=C)c1cc(Sc2cc(C)cc(B3CC(C)(C)C(C)(C)O3)c2)cc(B2CC(C)(C)C(C)(C)O2)c1. The predicted octanol–water partition coefficient (Wildman–Crippen LogP) is 7.35.